The standard InChI is InChI=1S/C7H16.C6H12.C2H6/c1-4-6-7(3)5-2;1-5(2)6(3)4;1-2/h7H,4-6H2,1-3H3;6H,1H2,2-4H3;1-2H3. The van der Waals surface area contributed by atoms with Crippen LogP contribution in [0.25, 0.3) is 0 Å². The molecule has 0 aromatic carbocycles. The second kappa shape index (κ2) is 16.2. The lowest BCUT2D eigenvalue weighted by molar-refractivity contribution is 0.509. The molecule has 0 bridgehead atoms. The van der Waals surface area contributed by atoms with E-state index in [2.05, 4.69) is 41.2 Å². The topological polar surface area (TPSA) is 0 Å². The molecule has 0 aliphatic rings. The molecule has 0 nitrogen and oxygen atoms in total. The van der Waals surface area contributed by atoms with Gasteiger partial charge in [0, 0.05) is 0 Å². The highest BCUT2D eigenvalue weighted by Crippen LogP contribution is 2.07. The van der Waals surface area contributed by atoms with Crippen molar-refractivity contribution in [2.75, 3.05) is 0 Å². The molecule has 1 atom stereocenters. The normalized spacial score (nSPS) is 10.7. The Morgan fingerprint density at radius 3 is 1.47 bits per heavy atom. The molecule has 15 heavy (non-hydrogen) atoms. The fourth-order valence-corrected chi connectivity index (χ4v) is 0.697. The zero-order valence-electron chi connectivity index (χ0n) is 12.5. The van der Waals surface area contributed by atoms with Gasteiger partial charge in [-0.05, 0) is 18.8 Å². The summed E-state index contributed by atoms with van der Waals surface area (Å²) in [5.41, 5.74) is 1.26. The van der Waals surface area contributed by atoms with Crippen LogP contribution in [0.1, 0.15) is 74.7 Å². The smallest absolute Gasteiger partial charge is 0.0266 e. The molecule has 0 amide bonds. The van der Waals surface area contributed by atoms with Crippen molar-refractivity contribution < 1.29 is 0 Å². The molecule has 0 aliphatic carbocycles. The summed E-state index contributed by atoms with van der Waals surface area (Å²) in [6, 6.07) is 0. The minimum absolute atomic E-state index is 0.657. The lowest BCUT2D eigenvalue weighted by atomic mass is 10.0. The van der Waals surface area contributed by atoms with Gasteiger partial charge in [-0.25, -0.2) is 0 Å². The molecule has 0 spiro atoms. The third kappa shape index (κ3) is 24.8. The zero-order chi connectivity index (χ0) is 12.9. The first kappa shape index (κ1) is 20.2. The molecule has 0 saturated carbocycles. The van der Waals surface area contributed by atoms with E-state index in [-0.39, 0.29) is 0 Å². The van der Waals surface area contributed by atoms with Crippen molar-refractivity contribution in [2.45, 2.75) is 74.7 Å². The van der Waals surface area contributed by atoms with E-state index in [1.54, 1.807) is 0 Å². The molecule has 0 aromatic heterocycles. The summed E-state index contributed by atoms with van der Waals surface area (Å²) >= 11 is 0. The van der Waals surface area contributed by atoms with Crippen molar-refractivity contribution in [3.05, 3.63) is 12.2 Å². The first-order chi connectivity index (χ1) is 6.95. The number of rotatable bonds is 4. The van der Waals surface area contributed by atoms with E-state index in [0.717, 1.165) is 5.92 Å². The van der Waals surface area contributed by atoms with Gasteiger partial charge in [-0.3, -0.25) is 0 Å². The van der Waals surface area contributed by atoms with E-state index in [1.165, 1.54) is 24.8 Å². The fraction of sp³-hybridized carbons (Fsp3) is 0.867. The predicted molar refractivity (Wildman–Crippen MR) is 75.4 cm³/mol. The van der Waals surface area contributed by atoms with Gasteiger partial charge in [0.1, 0.15) is 0 Å². The molecular formula is C15H34. The van der Waals surface area contributed by atoms with E-state index in [0.29, 0.717) is 5.92 Å². The van der Waals surface area contributed by atoms with Crippen LogP contribution in [0.3, 0.4) is 0 Å². The first-order valence-electron chi connectivity index (χ1n) is 6.60. The van der Waals surface area contributed by atoms with Crippen LogP contribution in [0.2, 0.25) is 0 Å². The van der Waals surface area contributed by atoms with Crippen LogP contribution in [0.4, 0.5) is 0 Å². The maximum Gasteiger partial charge on any atom is -0.0266 e. The van der Waals surface area contributed by atoms with Crippen molar-refractivity contribution in [1.29, 1.82) is 0 Å². The SMILES string of the molecule is C=C(C)C(C)C.CC.CCCC(C)CC. The third-order valence-corrected chi connectivity index (χ3v) is 2.46. The minimum atomic E-state index is 0.657. The van der Waals surface area contributed by atoms with Gasteiger partial charge in [0.2, 0.25) is 0 Å². The summed E-state index contributed by atoms with van der Waals surface area (Å²) in [5.74, 6) is 1.61. The van der Waals surface area contributed by atoms with Gasteiger partial charge in [-0.2, -0.15) is 0 Å². The Morgan fingerprint density at radius 1 is 1.07 bits per heavy atom. The van der Waals surface area contributed by atoms with Gasteiger partial charge in [-0.1, -0.05) is 79.9 Å². The van der Waals surface area contributed by atoms with Crippen LogP contribution >= 0.6 is 0 Å². The molecule has 0 aliphatic heterocycles. The average molecular weight is 214 g/mol. The van der Waals surface area contributed by atoms with Crippen molar-refractivity contribution in [1.82, 2.24) is 0 Å². The fourth-order valence-electron chi connectivity index (χ4n) is 0.697. The summed E-state index contributed by atoms with van der Waals surface area (Å²) in [5, 5.41) is 0. The highest BCUT2D eigenvalue weighted by atomic mass is 14.0. The summed E-state index contributed by atoms with van der Waals surface area (Å²) < 4.78 is 0. The summed E-state index contributed by atoms with van der Waals surface area (Å²) in [7, 11) is 0. The number of hydrogen-bond acceptors (Lipinski definition) is 0. The van der Waals surface area contributed by atoms with Crippen molar-refractivity contribution in [2.24, 2.45) is 11.8 Å². The van der Waals surface area contributed by atoms with Crippen LogP contribution in [-0.4, -0.2) is 0 Å². The molecule has 0 saturated heterocycles. The number of hydrogen-bond donors (Lipinski definition) is 0. The van der Waals surface area contributed by atoms with Crippen LogP contribution in [0.15, 0.2) is 12.2 Å². The molecule has 0 rings (SSSR count). The van der Waals surface area contributed by atoms with Crippen molar-refractivity contribution >= 4 is 0 Å². The van der Waals surface area contributed by atoms with Gasteiger partial charge in [0.05, 0.1) is 0 Å². The van der Waals surface area contributed by atoms with Gasteiger partial charge in [0.25, 0.3) is 0 Å². The monoisotopic (exact) mass is 214 g/mol. The van der Waals surface area contributed by atoms with Gasteiger partial charge in [0.15, 0.2) is 0 Å². The van der Waals surface area contributed by atoms with E-state index in [4.69, 9.17) is 0 Å². The van der Waals surface area contributed by atoms with Crippen LogP contribution < -0.4 is 0 Å². The Bertz CT molecular complexity index is 111. The molecule has 0 radical (unpaired) electrons. The van der Waals surface area contributed by atoms with E-state index < -0.39 is 0 Å². The molecule has 1 unspecified atom stereocenters. The summed E-state index contributed by atoms with van der Waals surface area (Å²) in [4.78, 5) is 0. The molecular weight excluding hydrogens is 180 g/mol. The molecule has 94 valence electrons. The average Bonchev–Trinajstić information content (AvgIpc) is 2.22. The predicted octanol–water partition coefficient (Wildman–Crippen LogP) is 6.08. The Kier molecular flexibility index (Phi) is 21.8. The Balaban J connectivity index is -0.000000166. The van der Waals surface area contributed by atoms with E-state index in [1.807, 2.05) is 20.8 Å². The Labute approximate surface area is 99.2 Å². The maximum absolute atomic E-state index is 3.75. The van der Waals surface area contributed by atoms with Crippen LogP contribution in [0, 0.1) is 11.8 Å². The largest absolute Gasteiger partial charge is 0.0999 e. The second-order valence-electron chi connectivity index (χ2n) is 4.30. The zero-order valence-corrected chi connectivity index (χ0v) is 12.5. The van der Waals surface area contributed by atoms with Gasteiger partial charge >= 0.3 is 0 Å². The molecule has 0 fully saturated rings. The molecule has 0 N–H and O–H groups in total. The Morgan fingerprint density at radius 2 is 1.40 bits per heavy atom. The van der Waals surface area contributed by atoms with Crippen LogP contribution in [-0.2, 0) is 0 Å². The highest BCUT2D eigenvalue weighted by molar-refractivity contribution is 4.90. The minimum Gasteiger partial charge on any atom is -0.0999 e. The maximum atomic E-state index is 3.75. The lowest BCUT2D eigenvalue weighted by Crippen LogP contribution is -1.88. The quantitative estimate of drug-likeness (QED) is 0.498. The molecule has 0 heteroatoms. The second-order valence-corrected chi connectivity index (χ2v) is 4.30. The van der Waals surface area contributed by atoms with E-state index >= 15 is 0 Å². The van der Waals surface area contributed by atoms with Gasteiger partial charge in [-0.15, -0.1) is 0 Å². The third-order valence-electron chi connectivity index (χ3n) is 2.46. The highest BCUT2D eigenvalue weighted by Gasteiger charge is 1.92. The van der Waals surface area contributed by atoms with Crippen LogP contribution in [0.5, 0.6) is 0 Å². The number of allylic oxidation sites excluding steroid dienone is 1. The first-order valence-corrected chi connectivity index (χ1v) is 6.60. The molecule has 0 aromatic rings. The molecule has 0 heterocycles. The Hall–Kier alpha value is -0.260. The summed E-state index contributed by atoms with van der Waals surface area (Å²) in [6.07, 6.45) is 4.08. The summed E-state index contributed by atoms with van der Waals surface area (Å²) in [6.45, 7) is 20.9. The van der Waals surface area contributed by atoms with Crippen molar-refractivity contribution in [3.8, 4) is 0 Å². The lowest BCUT2D eigenvalue weighted by Gasteiger charge is -2.02. The van der Waals surface area contributed by atoms with Gasteiger partial charge < -0.3 is 0 Å². The van der Waals surface area contributed by atoms with E-state index in [9.17, 15) is 0 Å². The van der Waals surface area contributed by atoms with Crippen molar-refractivity contribution in [3.63, 3.8) is 0 Å².